The van der Waals surface area contributed by atoms with Crippen molar-refractivity contribution in [3.8, 4) is 0 Å². The molecule has 1 aliphatic heterocycles. The second-order valence-corrected chi connectivity index (χ2v) is 5.16. The van der Waals surface area contributed by atoms with E-state index in [4.69, 9.17) is 9.84 Å². The van der Waals surface area contributed by atoms with E-state index < -0.39 is 41.9 Å². The Labute approximate surface area is 93.5 Å². The van der Waals surface area contributed by atoms with Crippen molar-refractivity contribution in [2.24, 2.45) is 11.3 Å². The van der Waals surface area contributed by atoms with Crippen molar-refractivity contribution in [3.05, 3.63) is 0 Å². The molecule has 0 bridgehead atoms. The maximum Gasteiger partial charge on any atom is 0.335 e. The van der Waals surface area contributed by atoms with Gasteiger partial charge in [-0.15, -0.1) is 0 Å². The zero-order chi connectivity index (χ0) is 12.7. The summed E-state index contributed by atoms with van der Waals surface area (Å²) in [6.07, 6.45) is -5.86. The van der Waals surface area contributed by atoms with Crippen LogP contribution in [-0.2, 0) is 9.53 Å². The SMILES string of the molecule is CC(C)(C)[C@@H]1[C@@H](O)[C@H](O)[C@@H](C(=O)O)O[C@H]1O. The highest BCUT2D eigenvalue weighted by Gasteiger charge is 2.50. The minimum absolute atomic E-state index is 0.511. The summed E-state index contributed by atoms with van der Waals surface area (Å²) in [6.45, 7) is 5.30. The fourth-order valence-corrected chi connectivity index (χ4v) is 2.02. The van der Waals surface area contributed by atoms with Gasteiger partial charge in [0, 0.05) is 5.92 Å². The summed E-state index contributed by atoms with van der Waals surface area (Å²) in [5, 5.41) is 37.8. The molecule has 94 valence electrons. The lowest BCUT2D eigenvalue weighted by atomic mass is 9.73. The van der Waals surface area contributed by atoms with Gasteiger partial charge in [-0.25, -0.2) is 4.79 Å². The third-order valence-corrected chi connectivity index (χ3v) is 2.86. The van der Waals surface area contributed by atoms with E-state index in [2.05, 4.69) is 0 Å². The van der Waals surface area contributed by atoms with E-state index in [-0.39, 0.29) is 0 Å². The van der Waals surface area contributed by atoms with Crippen LogP contribution in [0.5, 0.6) is 0 Å². The molecule has 1 heterocycles. The van der Waals surface area contributed by atoms with Gasteiger partial charge in [-0.05, 0) is 5.41 Å². The number of carboxylic acids is 1. The topological polar surface area (TPSA) is 107 Å². The third kappa shape index (κ3) is 2.35. The molecule has 0 radical (unpaired) electrons. The van der Waals surface area contributed by atoms with Crippen molar-refractivity contribution < 1.29 is 30.0 Å². The van der Waals surface area contributed by atoms with Crippen LogP contribution in [0, 0.1) is 11.3 Å². The monoisotopic (exact) mass is 234 g/mol. The van der Waals surface area contributed by atoms with Crippen LogP contribution in [0.15, 0.2) is 0 Å². The van der Waals surface area contributed by atoms with Gasteiger partial charge in [0.15, 0.2) is 12.4 Å². The molecular formula is C10H18O6. The second kappa shape index (κ2) is 4.29. The molecule has 5 atom stereocenters. The van der Waals surface area contributed by atoms with Crippen LogP contribution in [0.4, 0.5) is 0 Å². The van der Waals surface area contributed by atoms with Gasteiger partial charge in [-0.2, -0.15) is 0 Å². The number of aliphatic carboxylic acids is 1. The molecule has 0 saturated carbocycles. The van der Waals surface area contributed by atoms with Crippen molar-refractivity contribution >= 4 is 5.97 Å². The molecule has 16 heavy (non-hydrogen) atoms. The van der Waals surface area contributed by atoms with E-state index in [1.165, 1.54) is 0 Å². The molecule has 4 N–H and O–H groups in total. The van der Waals surface area contributed by atoms with Gasteiger partial charge in [0.05, 0.1) is 6.10 Å². The Balaban J connectivity index is 2.93. The fraction of sp³-hybridized carbons (Fsp3) is 0.900. The smallest absolute Gasteiger partial charge is 0.335 e. The van der Waals surface area contributed by atoms with Gasteiger partial charge in [0.2, 0.25) is 0 Å². The zero-order valence-electron chi connectivity index (χ0n) is 9.49. The predicted molar refractivity (Wildman–Crippen MR) is 53.5 cm³/mol. The van der Waals surface area contributed by atoms with Gasteiger partial charge in [-0.1, -0.05) is 20.8 Å². The van der Waals surface area contributed by atoms with Gasteiger partial charge >= 0.3 is 5.97 Å². The largest absolute Gasteiger partial charge is 0.479 e. The van der Waals surface area contributed by atoms with E-state index in [1.807, 2.05) is 0 Å². The molecule has 0 aliphatic carbocycles. The van der Waals surface area contributed by atoms with Crippen LogP contribution in [0.3, 0.4) is 0 Å². The highest BCUT2D eigenvalue weighted by Crippen LogP contribution is 2.37. The Morgan fingerprint density at radius 2 is 1.62 bits per heavy atom. The number of hydrogen-bond donors (Lipinski definition) is 4. The van der Waals surface area contributed by atoms with Crippen molar-refractivity contribution in [1.82, 2.24) is 0 Å². The van der Waals surface area contributed by atoms with Crippen LogP contribution in [0.1, 0.15) is 20.8 Å². The van der Waals surface area contributed by atoms with Gasteiger partial charge in [0.1, 0.15) is 6.10 Å². The standard InChI is InChI=1S/C10H18O6/c1-10(2,3)4-5(11)6(12)7(8(13)14)16-9(4)15/h4-7,9,11-12,15H,1-3H3,(H,13,14)/t4-,5-,6+,7+,9-/m1/s1. The zero-order valence-corrected chi connectivity index (χ0v) is 9.49. The van der Waals surface area contributed by atoms with Crippen LogP contribution in [-0.4, -0.2) is 51.0 Å². The summed E-state index contributed by atoms with van der Waals surface area (Å²) < 4.78 is 4.82. The Kier molecular flexibility index (Phi) is 3.59. The van der Waals surface area contributed by atoms with Gasteiger partial charge in [0.25, 0.3) is 0 Å². The Bertz CT molecular complexity index is 271. The Morgan fingerprint density at radius 1 is 1.12 bits per heavy atom. The summed E-state index contributed by atoms with van der Waals surface area (Å²) in [7, 11) is 0. The first-order valence-corrected chi connectivity index (χ1v) is 5.08. The molecule has 1 saturated heterocycles. The molecule has 6 heteroatoms. The number of aliphatic hydroxyl groups is 3. The van der Waals surface area contributed by atoms with Crippen LogP contribution in [0.25, 0.3) is 0 Å². The molecule has 1 rings (SSSR count). The fourth-order valence-electron chi connectivity index (χ4n) is 2.02. The minimum atomic E-state index is -1.59. The Morgan fingerprint density at radius 3 is 2.00 bits per heavy atom. The normalized spacial score (nSPS) is 40.8. The lowest BCUT2D eigenvalue weighted by Crippen LogP contribution is -2.60. The number of rotatable bonds is 1. The molecule has 0 aromatic carbocycles. The molecule has 0 unspecified atom stereocenters. The summed E-state index contributed by atoms with van der Waals surface area (Å²) >= 11 is 0. The molecule has 0 aromatic rings. The molecular weight excluding hydrogens is 216 g/mol. The highest BCUT2D eigenvalue weighted by atomic mass is 16.6. The van der Waals surface area contributed by atoms with E-state index in [9.17, 15) is 20.1 Å². The average Bonchev–Trinajstić information content (AvgIpc) is 2.08. The molecule has 1 aliphatic rings. The summed E-state index contributed by atoms with van der Waals surface area (Å²) in [6, 6.07) is 0. The predicted octanol–water partition coefficient (Wildman–Crippen LogP) is -0.828. The summed E-state index contributed by atoms with van der Waals surface area (Å²) in [5.74, 6) is -2.14. The van der Waals surface area contributed by atoms with Gasteiger partial charge < -0.3 is 25.2 Å². The number of carbonyl (C=O) groups is 1. The first-order chi connectivity index (χ1) is 7.16. The molecule has 0 spiro atoms. The van der Waals surface area contributed by atoms with E-state index in [0.29, 0.717) is 0 Å². The molecule has 1 fully saturated rings. The van der Waals surface area contributed by atoms with Crippen LogP contribution in [0.2, 0.25) is 0 Å². The van der Waals surface area contributed by atoms with E-state index in [0.717, 1.165) is 0 Å². The van der Waals surface area contributed by atoms with Crippen molar-refractivity contribution in [2.75, 3.05) is 0 Å². The number of aliphatic hydroxyl groups excluding tert-OH is 3. The molecule has 0 aromatic heterocycles. The average molecular weight is 234 g/mol. The molecule has 6 nitrogen and oxygen atoms in total. The van der Waals surface area contributed by atoms with Crippen molar-refractivity contribution in [1.29, 1.82) is 0 Å². The second-order valence-electron chi connectivity index (χ2n) is 5.16. The third-order valence-electron chi connectivity index (χ3n) is 2.86. The van der Waals surface area contributed by atoms with Crippen LogP contribution >= 0.6 is 0 Å². The van der Waals surface area contributed by atoms with E-state index in [1.54, 1.807) is 20.8 Å². The summed E-state index contributed by atoms with van der Waals surface area (Å²) in [4.78, 5) is 10.7. The van der Waals surface area contributed by atoms with Crippen LogP contribution < -0.4 is 0 Å². The minimum Gasteiger partial charge on any atom is -0.479 e. The molecule has 0 amide bonds. The number of carboxylic acid groups (broad SMARTS) is 1. The lowest BCUT2D eigenvalue weighted by Gasteiger charge is -2.45. The number of hydrogen-bond acceptors (Lipinski definition) is 5. The quantitative estimate of drug-likeness (QED) is 0.472. The summed E-state index contributed by atoms with van der Waals surface area (Å²) in [5.41, 5.74) is -0.511. The first kappa shape index (κ1) is 13.4. The number of ether oxygens (including phenoxy) is 1. The lowest BCUT2D eigenvalue weighted by molar-refractivity contribution is -0.280. The maximum absolute atomic E-state index is 10.7. The van der Waals surface area contributed by atoms with E-state index >= 15 is 0 Å². The van der Waals surface area contributed by atoms with Crippen molar-refractivity contribution in [2.45, 2.75) is 45.4 Å². The highest BCUT2D eigenvalue weighted by molar-refractivity contribution is 5.73. The Hall–Kier alpha value is -0.690. The first-order valence-electron chi connectivity index (χ1n) is 5.08. The van der Waals surface area contributed by atoms with Gasteiger partial charge in [-0.3, -0.25) is 0 Å². The maximum atomic E-state index is 10.7. The van der Waals surface area contributed by atoms with Crippen molar-refractivity contribution in [3.63, 3.8) is 0 Å².